The van der Waals surface area contributed by atoms with Gasteiger partial charge >= 0.3 is 11.9 Å². The molecule has 156 valence electrons. The molecule has 0 unspecified atom stereocenters. The number of carbonyl (C=O) groups is 3. The second-order valence-electron chi connectivity index (χ2n) is 6.96. The lowest BCUT2D eigenvalue weighted by molar-refractivity contribution is 0.0599. The zero-order valence-electron chi connectivity index (χ0n) is 17.1. The number of aryl methyl sites for hydroxylation is 1. The number of fused-ring (bicyclic) bond motifs is 3. The van der Waals surface area contributed by atoms with Crippen molar-refractivity contribution in [3.63, 3.8) is 0 Å². The molecule has 0 bridgehead atoms. The molecule has 0 fully saturated rings. The van der Waals surface area contributed by atoms with Crippen LogP contribution in [0.15, 0.2) is 59.0 Å². The van der Waals surface area contributed by atoms with Gasteiger partial charge in [-0.25, -0.2) is 9.59 Å². The molecule has 0 aliphatic carbocycles. The number of furan rings is 1. The van der Waals surface area contributed by atoms with Crippen molar-refractivity contribution in [1.82, 2.24) is 0 Å². The first kappa shape index (κ1) is 20.2. The van der Waals surface area contributed by atoms with Gasteiger partial charge in [-0.2, -0.15) is 0 Å². The minimum Gasteiger partial charge on any atom is -0.465 e. The lowest BCUT2D eigenvalue weighted by Gasteiger charge is -2.09. The average Bonchev–Trinajstić information content (AvgIpc) is 3.14. The van der Waals surface area contributed by atoms with Gasteiger partial charge in [-0.1, -0.05) is 36.4 Å². The van der Waals surface area contributed by atoms with E-state index in [0.29, 0.717) is 11.1 Å². The molecule has 31 heavy (non-hydrogen) atoms. The Hall–Kier alpha value is -4.13. The highest BCUT2D eigenvalue weighted by Crippen LogP contribution is 2.32. The highest BCUT2D eigenvalue weighted by atomic mass is 16.5. The number of amides is 1. The number of carbonyl (C=O) groups excluding carboxylic acids is 3. The van der Waals surface area contributed by atoms with Crippen LogP contribution < -0.4 is 5.32 Å². The molecule has 0 spiro atoms. The quantitative estimate of drug-likeness (QED) is 0.483. The number of anilines is 1. The van der Waals surface area contributed by atoms with E-state index in [9.17, 15) is 14.4 Å². The number of hydrogen-bond donors (Lipinski definition) is 1. The normalized spacial score (nSPS) is 10.8. The van der Waals surface area contributed by atoms with Gasteiger partial charge in [0.25, 0.3) is 5.91 Å². The summed E-state index contributed by atoms with van der Waals surface area (Å²) in [5.41, 5.74) is 1.76. The fourth-order valence-electron chi connectivity index (χ4n) is 3.52. The van der Waals surface area contributed by atoms with Crippen molar-refractivity contribution in [2.75, 3.05) is 19.5 Å². The Morgan fingerprint density at radius 1 is 0.839 bits per heavy atom. The van der Waals surface area contributed by atoms with Gasteiger partial charge in [0.15, 0.2) is 5.76 Å². The molecule has 0 saturated heterocycles. The highest BCUT2D eigenvalue weighted by molar-refractivity contribution is 6.12. The van der Waals surface area contributed by atoms with Crippen molar-refractivity contribution in [2.45, 2.75) is 6.92 Å². The number of esters is 2. The van der Waals surface area contributed by atoms with Gasteiger partial charge in [0, 0.05) is 22.0 Å². The molecule has 0 radical (unpaired) electrons. The molecule has 0 saturated carbocycles. The Balaban J connectivity index is 1.75. The van der Waals surface area contributed by atoms with E-state index in [-0.39, 0.29) is 22.6 Å². The predicted molar refractivity (Wildman–Crippen MR) is 116 cm³/mol. The fourth-order valence-corrected chi connectivity index (χ4v) is 3.52. The molecule has 7 nitrogen and oxygen atoms in total. The second kappa shape index (κ2) is 7.95. The third kappa shape index (κ3) is 3.61. The molecule has 0 aliphatic rings. The molecule has 1 aromatic heterocycles. The summed E-state index contributed by atoms with van der Waals surface area (Å²) in [6.07, 6.45) is 0. The van der Waals surface area contributed by atoms with Crippen LogP contribution in [0.3, 0.4) is 0 Å². The van der Waals surface area contributed by atoms with Crippen molar-refractivity contribution < 1.29 is 28.3 Å². The summed E-state index contributed by atoms with van der Waals surface area (Å²) in [4.78, 5) is 37.0. The summed E-state index contributed by atoms with van der Waals surface area (Å²) in [7, 11) is 2.46. The third-order valence-electron chi connectivity index (χ3n) is 5.07. The molecule has 7 heteroatoms. The summed E-state index contributed by atoms with van der Waals surface area (Å²) < 4.78 is 15.4. The molecule has 0 atom stereocenters. The third-order valence-corrected chi connectivity index (χ3v) is 5.07. The molecule has 4 rings (SSSR count). The van der Waals surface area contributed by atoms with Crippen LogP contribution in [0.25, 0.3) is 21.7 Å². The highest BCUT2D eigenvalue weighted by Gasteiger charge is 2.21. The van der Waals surface area contributed by atoms with Crippen molar-refractivity contribution in [2.24, 2.45) is 0 Å². The molecular formula is C24H19NO6. The number of benzene rings is 3. The van der Waals surface area contributed by atoms with Gasteiger partial charge < -0.3 is 19.2 Å². The molecule has 1 amide bonds. The van der Waals surface area contributed by atoms with Crippen molar-refractivity contribution in [1.29, 1.82) is 0 Å². The van der Waals surface area contributed by atoms with E-state index in [2.05, 4.69) is 5.32 Å². The van der Waals surface area contributed by atoms with Crippen molar-refractivity contribution >= 4 is 45.3 Å². The van der Waals surface area contributed by atoms with E-state index in [4.69, 9.17) is 13.9 Å². The van der Waals surface area contributed by atoms with Crippen molar-refractivity contribution in [3.8, 4) is 0 Å². The first-order chi connectivity index (χ1) is 14.9. The van der Waals surface area contributed by atoms with Crippen LogP contribution in [-0.2, 0) is 9.47 Å². The average molecular weight is 417 g/mol. The van der Waals surface area contributed by atoms with Gasteiger partial charge in [0.05, 0.1) is 25.3 Å². The Kier molecular flexibility index (Phi) is 5.17. The van der Waals surface area contributed by atoms with E-state index >= 15 is 0 Å². The monoisotopic (exact) mass is 417 g/mol. The van der Waals surface area contributed by atoms with Crippen LogP contribution in [0.1, 0.15) is 36.8 Å². The summed E-state index contributed by atoms with van der Waals surface area (Å²) >= 11 is 0. The molecule has 0 aliphatic heterocycles. The SMILES string of the molecule is COC(=O)c1cc(NC(=O)c2oc3c(ccc4ccccc43)c2C)cc(C(=O)OC)c1. The van der Waals surface area contributed by atoms with Crippen LogP contribution in [-0.4, -0.2) is 32.1 Å². The number of nitrogens with one attached hydrogen (secondary N) is 1. The van der Waals surface area contributed by atoms with Gasteiger partial charge in [-0.15, -0.1) is 0 Å². The molecule has 1 heterocycles. The lowest BCUT2D eigenvalue weighted by Crippen LogP contribution is -2.14. The van der Waals surface area contributed by atoms with Crippen molar-refractivity contribution in [3.05, 3.63) is 77.0 Å². The topological polar surface area (TPSA) is 94.8 Å². The maximum absolute atomic E-state index is 13.0. The Labute approximate surface area is 177 Å². The van der Waals surface area contributed by atoms with E-state index in [1.807, 2.05) is 36.4 Å². The molecule has 3 aromatic carbocycles. The minimum absolute atomic E-state index is 0.105. The molecule has 1 N–H and O–H groups in total. The maximum atomic E-state index is 13.0. The lowest BCUT2D eigenvalue weighted by atomic mass is 10.1. The van der Waals surface area contributed by atoms with Crippen LogP contribution in [0.5, 0.6) is 0 Å². The largest absolute Gasteiger partial charge is 0.465 e. The summed E-state index contributed by atoms with van der Waals surface area (Å²) in [6, 6.07) is 15.8. The first-order valence-corrected chi connectivity index (χ1v) is 9.47. The van der Waals surface area contributed by atoms with E-state index in [0.717, 1.165) is 16.2 Å². The zero-order chi connectivity index (χ0) is 22.1. The van der Waals surface area contributed by atoms with Crippen LogP contribution >= 0.6 is 0 Å². The number of methoxy groups -OCH3 is 2. The zero-order valence-corrected chi connectivity index (χ0v) is 17.1. The van der Waals surface area contributed by atoms with Gasteiger partial charge in [0.2, 0.25) is 0 Å². The number of rotatable bonds is 4. The maximum Gasteiger partial charge on any atom is 0.337 e. The standard InChI is InChI=1S/C24H19NO6/c1-13-18-9-8-14-6-4-5-7-19(14)21(18)31-20(13)22(26)25-17-11-15(23(27)29-2)10-16(12-17)24(28)30-3/h4-12H,1-3H3,(H,25,26). The molecular weight excluding hydrogens is 398 g/mol. The first-order valence-electron chi connectivity index (χ1n) is 9.47. The predicted octanol–water partition coefficient (Wildman–Crippen LogP) is 4.72. The van der Waals surface area contributed by atoms with E-state index in [1.54, 1.807) is 6.92 Å². The Morgan fingerprint density at radius 3 is 2.13 bits per heavy atom. The Morgan fingerprint density at radius 2 is 1.48 bits per heavy atom. The van der Waals surface area contributed by atoms with Crippen LogP contribution in [0, 0.1) is 6.92 Å². The number of hydrogen-bond acceptors (Lipinski definition) is 6. The van der Waals surface area contributed by atoms with Crippen LogP contribution in [0.4, 0.5) is 5.69 Å². The summed E-state index contributed by atoms with van der Waals surface area (Å²) in [6.45, 7) is 1.81. The fraction of sp³-hybridized carbons (Fsp3) is 0.125. The smallest absolute Gasteiger partial charge is 0.337 e. The summed E-state index contributed by atoms with van der Waals surface area (Å²) in [5, 5.41) is 5.44. The summed E-state index contributed by atoms with van der Waals surface area (Å²) in [5.74, 6) is -1.65. The van der Waals surface area contributed by atoms with Crippen LogP contribution in [0.2, 0.25) is 0 Å². The number of ether oxygens (including phenoxy) is 2. The van der Waals surface area contributed by atoms with Gasteiger partial charge in [0.1, 0.15) is 5.58 Å². The van der Waals surface area contributed by atoms with E-state index < -0.39 is 17.8 Å². The van der Waals surface area contributed by atoms with Gasteiger partial charge in [-0.3, -0.25) is 4.79 Å². The second-order valence-corrected chi connectivity index (χ2v) is 6.96. The molecule has 4 aromatic rings. The van der Waals surface area contributed by atoms with Gasteiger partial charge in [-0.05, 0) is 30.5 Å². The minimum atomic E-state index is -0.646. The Bertz CT molecular complexity index is 1320. The van der Waals surface area contributed by atoms with E-state index in [1.165, 1.54) is 32.4 Å².